The minimum Gasteiger partial charge on any atom is -0.457 e. The molecule has 0 unspecified atom stereocenters. The zero-order valence-electron chi connectivity index (χ0n) is 44.1. The number of rotatable bonds is 9. The molecule has 0 fully saturated rings. The van der Waals surface area contributed by atoms with Crippen LogP contribution in [0.15, 0.2) is 170 Å². The van der Waals surface area contributed by atoms with E-state index in [4.69, 9.17) is 9.72 Å². The number of ether oxygens (including phenoxy) is 1. The number of pyridine rings is 1. The maximum Gasteiger partial charge on any atom is 0.137 e. The molecule has 0 aliphatic carbocycles. The first kappa shape index (κ1) is 47.6. The van der Waals surface area contributed by atoms with Gasteiger partial charge in [-0.2, -0.15) is 0 Å². The molecule has 360 valence electrons. The van der Waals surface area contributed by atoms with E-state index in [1.54, 1.807) is 0 Å². The molecule has 9 aromatic rings. The van der Waals surface area contributed by atoms with Crippen molar-refractivity contribution in [3.8, 4) is 28.4 Å². The Morgan fingerprint density at radius 3 is 1.75 bits per heavy atom. The monoisotopic (exact) mass is 935 g/mol. The second-order valence-corrected chi connectivity index (χ2v) is 23.7. The molecule has 7 aromatic carbocycles. The molecule has 1 aliphatic heterocycles. The molecule has 0 N–H and O–H groups in total. The van der Waals surface area contributed by atoms with Crippen LogP contribution in [-0.2, 0) is 21.7 Å². The molecular formula is C66H70N4O. The fraction of sp³-hybridized carbons (Fsp3) is 0.288. The van der Waals surface area contributed by atoms with Crippen LogP contribution in [0.3, 0.4) is 0 Å². The second kappa shape index (κ2) is 17.6. The van der Waals surface area contributed by atoms with E-state index in [0.29, 0.717) is 12.6 Å². The number of hydrogen-bond donors (Lipinski definition) is 0. The Balaban J connectivity index is 1.13. The van der Waals surface area contributed by atoms with Gasteiger partial charge >= 0.3 is 0 Å². The van der Waals surface area contributed by atoms with Crippen molar-refractivity contribution in [3.63, 3.8) is 0 Å². The summed E-state index contributed by atoms with van der Waals surface area (Å²) in [7, 11) is 0. The van der Waals surface area contributed by atoms with Crippen molar-refractivity contribution >= 4 is 44.6 Å². The molecule has 10 rings (SSSR count). The van der Waals surface area contributed by atoms with E-state index in [1.165, 1.54) is 55.7 Å². The summed E-state index contributed by atoms with van der Waals surface area (Å²) in [5.74, 6) is 2.77. The van der Waals surface area contributed by atoms with E-state index >= 15 is 0 Å². The lowest BCUT2D eigenvalue weighted by Gasteiger charge is -2.32. The average Bonchev–Trinajstić information content (AvgIpc) is 3.89. The number of anilines is 4. The summed E-state index contributed by atoms with van der Waals surface area (Å²) in [6, 6.07) is 60.2. The van der Waals surface area contributed by atoms with Gasteiger partial charge in [0.2, 0.25) is 0 Å². The van der Waals surface area contributed by atoms with Crippen molar-refractivity contribution < 1.29 is 4.74 Å². The van der Waals surface area contributed by atoms with Crippen LogP contribution in [0.25, 0.3) is 38.8 Å². The highest BCUT2D eigenvalue weighted by Crippen LogP contribution is 2.51. The molecule has 71 heavy (non-hydrogen) atoms. The van der Waals surface area contributed by atoms with Crippen LogP contribution in [-0.4, -0.2) is 16.2 Å². The van der Waals surface area contributed by atoms with Crippen LogP contribution in [0, 0.1) is 0 Å². The third-order valence-corrected chi connectivity index (χ3v) is 14.8. The lowest BCUT2D eigenvalue weighted by atomic mass is 9.74. The van der Waals surface area contributed by atoms with E-state index in [2.05, 4.69) is 268 Å². The molecule has 0 atom stereocenters. The molecule has 5 heteroatoms. The van der Waals surface area contributed by atoms with E-state index < -0.39 is 0 Å². The summed E-state index contributed by atoms with van der Waals surface area (Å²) < 4.78 is 9.45. The van der Waals surface area contributed by atoms with Crippen molar-refractivity contribution in [1.29, 1.82) is 0 Å². The third-order valence-electron chi connectivity index (χ3n) is 14.8. The summed E-state index contributed by atoms with van der Waals surface area (Å²) in [5, 5.41) is 2.34. The average molecular weight is 935 g/mol. The first-order valence-electron chi connectivity index (χ1n) is 25.5. The smallest absolute Gasteiger partial charge is 0.137 e. The predicted molar refractivity (Wildman–Crippen MR) is 301 cm³/mol. The summed E-state index contributed by atoms with van der Waals surface area (Å²) in [6.45, 7) is 30.7. The Bertz CT molecular complexity index is 3430. The second-order valence-electron chi connectivity index (χ2n) is 23.7. The van der Waals surface area contributed by atoms with Gasteiger partial charge in [0.25, 0.3) is 0 Å². The number of para-hydroxylation sites is 1. The molecule has 3 heterocycles. The Morgan fingerprint density at radius 1 is 0.479 bits per heavy atom. The van der Waals surface area contributed by atoms with Crippen LogP contribution < -0.4 is 14.5 Å². The Hall–Kier alpha value is -7.11. The molecule has 0 spiro atoms. The number of benzene rings is 7. The normalized spacial score (nSPS) is 13.4. The maximum atomic E-state index is 7.16. The number of hydrogen-bond acceptors (Lipinski definition) is 4. The Labute approximate surface area is 422 Å². The van der Waals surface area contributed by atoms with Gasteiger partial charge in [0.15, 0.2) is 0 Å². The predicted octanol–water partition coefficient (Wildman–Crippen LogP) is 18.2. The molecule has 0 bridgehead atoms. The van der Waals surface area contributed by atoms with Crippen molar-refractivity contribution in [1.82, 2.24) is 9.55 Å². The van der Waals surface area contributed by atoms with Crippen molar-refractivity contribution in [2.24, 2.45) is 0 Å². The zero-order chi connectivity index (χ0) is 50.2. The van der Waals surface area contributed by atoms with E-state index in [-0.39, 0.29) is 21.7 Å². The quantitative estimate of drug-likeness (QED) is 0.144. The van der Waals surface area contributed by atoms with Crippen molar-refractivity contribution in [3.05, 3.63) is 203 Å². The standard InChI is InChI=1S/C66H70N4O/c1-43(2)52-23-17-18-24-53(52)44-35-49(38-51(36-44)71-50-31-32-55-54-25-19-20-26-58(54)70(59(55)39-50)62-37-47(33-34-67-62)63(3,4)5)69-42-68(60-40-56(64(6,7)8)57(41-61(60)69)65(9,10)11)48-29-27-46(28-30-48)66(12,13)45-21-15-14-16-22-45/h14-41,43H,42H2,1-13H3. The highest BCUT2D eigenvalue weighted by atomic mass is 16.5. The molecule has 0 saturated heterocycles. The molecule has 0 radical (unpaired) electrons. The van der Waals surface area contributed by atoms with Crippen LogP contribution >= 0.6 is 0 Å². The van der Waals surface area contributed by atoms with Crippen LogP contribution in [0.4, 0.5) is 22.7 Å². The summed E-state index contributed by atoms with van der Waals surface area (Å²) in [5.41, 5.74) is 16.7. The molecular weight excluding hydrogens is 865 g/mol. The number of nitrogens with zero attached hydrogens (tertiary/aromatic N) is 4. The van der Waals surface area contributed by atoms with Gasteiger partial charge in [0, 0.05) is 45.9 Å². The highest BCUT2D eigenvalue weighted by Gasteiger charge is 2.35. The van der Waals surface area contributed by atoms with Gasteiger partial charge in [-0.3, -0.25) is 4.57 Å². The number of aromatic nitrogens is 2. The third kappa shape index (κ3) is 8.90. The minimum absolute atomic E-state index is 0.0257. The minimum atomic E-state index is -0.145. The molecule has 1 aliphatic rings. The number of fused-ring (bicyclic) bond motifs is 4. The highest BCUT2D eigenvalue weighted by molar-refractivity contribution is 6.09. The fourth-order valence-corrected chi connectivity index (χ4v) is 10.7. The van der Waals surface area contributed by atoms with Gasteiger partial charge in [-0.15, -0.1) is 0 Å². The summed E-state index contributed by atoms with van der Waals surface area (Å²) >= 11 is 0. The lowest BCUT2D eigenvalue weighted by Crippen LogP contribution is -2.24. The molecule has 0 saturated carbocycles. The zero-order valence-corrected chi connectivity index (χ0v) is 44.1. The van der Waals surface area contributed by atoms with Gasteiger partial charge in [0.05, 0.1) is 22.4 Å². The fourth-order valence-electron chi connectivity index (χ4n) is 10.7. The molecule has 0 amide bonds. The largest absolute Gasteiger partial charge is 0.457 e. The van der Waals surface area contributed by atoms with Crippen molar-refractivity contribution in [2.75, 3.05) is 16.5 Å². The first-order valence-corrected chi connectivity index (χ1v) is 25.5. The molecule has 5 nitrogen and oxygen atoms in total. The van der Waals surface area contributed by atoms with E-state index in [9.17, 15) is 0 Å². The summed E-state index contributed by atoms with van der Waals surface area (Å²) in [6.07, 6.45) is 1.94. The van der Waals surface area contributed by atoms with Crippen LogP contribution in [0.2, 0.25) is 0 Å². The first-order chi connectivity index (χ1) is 33.7. The van der Waals surface area contributed by atoms with Gasteiger partial charge in [-0.05, 0) is 133 Å². The van der Waals surface area contributed by atoms with E-state index in [0.717, 1.165) is 50.7 Å². The van der Waals surface area contributed by atoms with Gasteiger partial charge in [-0.1, -0.05) is 175 Å². The topological polar surface area (TPSA) is 33.5 Å². The van der Waals surface area contributed by atoms with Gasteiger partial charge in [-0.25, -0.2) is 4.98 Å². The van der Waals surface area contributed by atoms with Gasteiger partial charge in [0.1, 0.15) is 24.0 Å². The van der Waals surface area contributed by atoms with Crippen molar-refractivity contribution in [2.45, 2.75) is 118 Å². The van der Waals surface area contributed by atoms with Crippen LogP contribution in [0.5, 0.6) is 11.5 Å². The van der Waals surface area contributed by atoms with Gasteiger partial charge < -0.3 is 14.5 Å². The Morgan fingerprint density at radius 2 is 1.08 bits per heavy atom. The lowest BCUT2D eigenvalue weighted by molar-refractivity contribution is 0.483. The SMILES string of the molecule is CC(C)c1ccccc1-c1cc(Oc2ccc3c4ccccc4n(-c4cc(C(C)(C)C)ccn4)c3c2)cc(N2CN(c3ccc(C(C)(C)c4ccccc4)cc3)c3cc(C(C)(C)C)c(C(C)(C)C)cc32)c1. The van der Waals surface area contributed by atoms with Crippen LogP contribution in [0.1, 0.15) is 129 Å². The van der Waals surface area contributed by atoms with E-state index in [1.807, 2.05) is 6.20 Å². The summed E-state index contributed by atoms with van der Waals surface area (Å²) in [4.78, 5) is 9.96. The Kier molecular flexibility index (Phi) is 11.8. The maximum absolute atomic E-state index is 7.16. The molecule has 2 aromatic heterocycles.